The Morgan fingerprint density at radius 3 is 2.56 bits per heavy atom. The van der Waals surface area contributed by atoms with Crippen LogP contribution in [0.25, 0.3) is 0 Å². The summed E-state index contributed by atoms with van der Waals surface area (Å²) in [7, 11) is 3.39. The van der Waals surface area contributed by atoms with Crippen LogP contribution in [0.2, 0.25) is 0 Å². The molecule has 0 saturated carbocycles. The number of benzene rings is 1. The molecule has 0 unspecified atom stereocenters. The van der Waals surface area contributed by atoms with Crippen molar-refractivity contribution in [2.45, 2.75) is 32.9 Å². The largest absolute Gasteiger partial charge is 0.496 e. The molecule has 0 atom stereocenters. The average Bonchev–Trinajstić information content (AvgIpc) is 3.04. The van der Waals surface area contributed by atoms with E-state index in [-0.39, 0.29) is 24.0 Å². The van der Waals surface area contributed by atoms with Crippen LogP contribution in [0.5, 0.6) is 5.75 Å². The first-order chi connectivity index (χ1) is 11.5. The summed E-state index contributed by atoms with van der Waals surface area (Å²) >= 11 is 3.49. The lowest BCUT2D eigenvalue weighted by molar-refractivity contribution is 0.372. The molecule has 0 spiro atoms. The van der Waals surface area contributed by atoms with E-state index in [2.05, 4.69) is 50.6 Å². The van der Waals surface area contributed by atoms with Crippen LogP contribution in [0, 0.1) is 0 Å². The third kappa shape index (κ3) is 6.50. The van der Waals surface area contributed by atoms with Gasteiger partial charge < -0.3 is 19.9 Å². The van der Waals surface area contributed by atoms with Crippen LogP contribution in [0.15, 0.2) is 38.3 Å². The number of aromatic nitrogens is 1. The van der Waals surface area contributed by atoms with Crippen molar-refractivity contribution < 1.29 is 9.26 Å². The zero-order valence-corrected chi connectivity index (χ0v) is 18.7. The summed E-state index contributed by atoms with van der Waals surface area (Å²) in [6, 6.07) is 7.92. The minimum atomic E-state index is 0. The average molecular weight is 523 g/mol. The first-order valence-electron chi connectivity index (χ1n) is 7.76. The number of nitrogens with zero attached hydrogens (tertiary/aromatic N) is 2. The number of guanidine groups is 1. The second-order valence-electron chi connectivity index (χ2n) is 5.62. The minimum absolute atomic E-state index is 0. The fourth-order valence-electron chi connectivity index (χ4n) is 2.08. The van der Waals surface area contributed by atoms with Crippen molar-refractivity contribution in [2.75, 3.05) is 14.2 Å². The van der Waals surface area contributed by atoms with Gasteiger partial charge in [0.25, 0.3) is 0 Å². The lowest BCUT2D eigenvalue weighted by atomic mass is 10.1. The number of methoxy groups -OCH3 is 1. The van der Waals surface area contributed by atoms with Gasteiger partial charge in [0.15, 0.2) is 11.7 Å². The first-order valence-corrected chi connectivity index (χ1v) is 8.55. The smallest absolute Gasteiger partial charge is 0.191 e. The van der Waals surface area contributed by atoms with Gasteiger partial charge in [-0.3, -0.25) is 4.99 Å². The molecule has 0 amide bonds. The number of halogens is 2. The first kappa shape index (κ1) is 21.8. The summed E-state index contributed by atoms with van der Waals surface area (Å²) in [6.07, 6.45) is 0. The SMILES string of the molecule is CN=C(NCc1ccc(OC)c(Br)c1)NCc1cc(C(C)C)no1.I. The van der Waals surface area contributed by atoms with Crippen LogP contribution in [-0.2, 0) is 13.1 Å². The summed E-state index contributed by atoms with van der Waals surface area (Å²) in [5.74, 6) is 2.65. The lowest BCUT2D eigenvalue weighted by Crippen LogP contribution is -2.36. The number of hydrogen-bond donors (Lipinski definition) is 2. The zero-order valence-electron chi connectivity index (χ0n) is 14.8. The van der Waals surface area contributed by atoms with Crippen molar-refractivity contribution in [1.29, 1.82) is 0 Å². The molecular weight excluding hydrogens is 499 g/mol. The van der Waals surface area contributed by atoms with E-state index >= 15 is 0 Å². The summed E-state index contributed by atoms with van der Waals surface area (Å²) in [4.78, 5) is 4.21. The maximum atomic E-state index is 5.31. The van der Waals surface area contributed by atoms with Crippen LogP contribution < -0.4 is 15.4 Å². The molecule has 8 heteroatoms. The Morgan fingerprint density at radius 1 is 1.28 bits per heavy atom. The Kier molecular flexibility index (Phi) is 9.26. The third-order valence-corrected chi connectivity index (χ3v) is 4.12. The van der Waals surface area contributed by atoms with Crippen LogP contribution in [0.1, 0.15) is 36.8 Å². The molecule has 138 valence electrons. The molecular formula is C17H24BrIN4O2. The van der Waals surface area contributed by atoms with Crippen LogP contribution in [0.3, 0.4) is 0 Å². The normalized spacial score (nSPS) is 11.2. The fraction of sp³-hybridized carbons (Fsp3) is 0.412. The van der Waals surface area contributed by atoms with E-state index in [9.17, 15) is 0 Å². The van der Waals surface area contributed by atoms with Crippen LogP contribution >= 0.6 is 39.9 Å². The molecule has 0 saturated heterocycles. The van der Waals surface area contributed by atoms with Crippen molar-refractivity contribution >= 4 is 45.9 Å². The highest BCUT2D eigenvalue weighted by Crippen LogP contribution is 2.25. The summed E-state index contributed by atoms with van der Waals surface area (Å²) in [5.41, 5.74) is 2.07. The van der Waals surface area contributed by atoms with Gasteiger partial charge >= 0.3 is 0 Å². The number of rotatable bonds is 6. The summed E-state index contributed by atoms with van der Waals surface area (Å²) in [5, 5.41) is 10.5. The van der Waals surface area contributed by atoms with Crippen LogP contribution in [0.4, 0.5) is 0 Å². The minimum Gasteiger partial charge on any atom is -0.496 e. The van der Waals surface area contributed by atoms with Gasteiger partial charge in [-0.2, -0.15) is 0 Å². The van der Waals surface area contributed by atoms with E-state index in [1.54, 1.807) is 14.2 Å². The molecule has 2 aromatic rings. The molecule has 0 fully saturated rings. The summed E-state index contributed by atoms with van der Waals surface area (Å²) in [6.45, 7) is 5.35. The van der Waals surface area contributed by atoms with Crippen molar-refractivity contribution in [3.63, 3.8) is 0 Å². The topological polar surface area (TPSA) is 71.7 Å². The van der Waals surface area contributed by atoms with Crippen molar-refractivity contribution in [1.82, 2.24) is 15.8 Å². The Balaban J connectivity index is 0.00000312. The molecule has 1 aromatic heterocycles. The predicted molar refractivity (Wildman–Crippen MR) is 114 cm³/mol. The van der Waals surface area contributed by atoms with Crippen LogP contribution in [-0.4, -0.2) is 25.3 Å². The molecule has 2 N–H and O–H groups in total. The van der Waals surface area contributed by atoms with Crippen molar-refractivity contribution in [2.24, 2.45) is 4.99 Å². The Bertz CT molecular complexity index is 704. The standard InChI is InChI=1S/C17H23BrN4O2.HI/c1-11(2)15-8-13(24-22-15)10-21-17(19-3)20-9-12-5-6-16(23-4)14(18)7-12;/h5-8,11H,9-10H2,1-4H3,(H2,19,20,21);1H. The number of aliphatic imine (C=N–C) groups is 1. The van der Waals surface area contributed by atoms with Gasteiger partial charge in [0.2, 0.25) is 0 Å². The highest BCUT2D eigenvalue weighted by atomic mass is 127. The van der Waals surface area contributed by atoms with Gasteiger partial charge in [-0.05, 0) is 39.5 Å². The Hall–Kier alpha value is -1.29. The second-order valence-corrected chi connectivity index (χ2v) is 6.48. The van der Waals surface area contributed by atoms with E-state index in [4.69, 9.17) is 9.26 Å². The van der Waals surface area contributed by atoms with Crippen molar-refractivity contribution in [3.05, 3.63) is 45.8 Å². The second kappa shape index (κ2) is 10.6. The summed E-state index contributed by atoms with van der Waals surface area (Å²) < 4.78 is 11.5. The maximum Gasteiger partial charge on any atom is 0.191 e. The molecule has 0 radical (unpaired) electrons. The maximum absolute atomic E-state index is 5.31. The van der Waals surface area contributed by atoms with Gasteiger partial charge in [-0.25, -0.2) is 0 Å². The Labute approximate surface area is 173 Å². The van der Waals surface area contributed by atoms with Gasteiger partial charge in [-0.1, -0.05) is 25.1 Å². The number of hydrogen-bond acceptors (Lipinski definition) is 4. The van der Waals surface area contributed by atoms with E-state index in [1.165, 1.54) is 0 Å². The van der Waals surface area contributed by atoms with Gasteiger partial charge in [0.1, 0.15) is 5.75 Å². The Morgan fingerprint density at radius 2 is 2.00 bits per heavy atom. The van der Waals surface area contributed by atoms with E-state index in [0.29, 0.717) is 25.0 Å². The zero-order chi connectivity index (χ0) is 17.5. The molecule has 25 heavy (non-hydrogen) atoms. The molecule has 6 nitrogen and oxygen atoms in total. The lowest BCUT2D eigenvalue weighted by Gasteiger charge is -2.11. The molecule has 0 aliphatic rings. The highest BCUT2D eigenvalue weighted by molar-refractivity contribution is 14.0. The molecule has 0 bridgehead atoms. The fourth-order valence-corrected chi connectivity index (χ4v) is 2.67. The van der Waals surface area contributed by atoms with Gasteiger partial charge in [-0.15, -0.1) is 24.0 Å². The molecule has 1 aromatic carbocycles. The third-order valence-electron chi connectivity index (χ3n) is 3.50. The molecule has 0 aliphatic carbocycles. The van der Waals surface area contributed by atoms with Gasteiger partial charge in [0.05, 0.1) is 23.8 Å². The van der Waals surface area contributed by atoms with E-state index in [0.717, 1.165) is 27.2 Å². The highest BCUT2D eigenvalue weighted by Gasteiger charge is 2.08. The molecule has 0 aliphatic heterocycles. The van der Waals surface area contributed by atoms with E-state index < -0.39 is 0 Å². The monoisotopic (exact) mass is 522 g/mol. The quantitative estimate of drug-likeness (QED) is 0.340. The number of nitrogens with one attached hydrogen (secondary N) is 2. The number of ether oxygens (including phenoxy) is 1. The molecule has 1 heterocycles. The molecule has 2 rings (SSSR count). The van der Waals surface area contributed by atoms with E-state index in [1.807, 2.05) is 24.3 Å². The predicted octanol–water partition coefficient (Wildman–Crippen LogP) is 4.05. The van der Waals surface area contributed by atoms with Crippen molar-refractivity contribution in [3.8, 4) is 5.75 Å². The van der Waals surface area contributed by atoms with Gasteiger partial charge in [0, 0.05) is 19.7 Å².